The molecule has 0 unspecified atom stereocenters. The highest BCUT2D eigenvalue weighted by Gasteiger charge is 2.43. The molecule has 1 rings (SSSR count). The van der Waals surface area contributed by atoms with Gasteiger partial charge in [0.25, 0.3) is 0 Å². The zero-order valence-corrected chi connectivity index (χ0v) is 13.6. The van der Waals surface area contributed by atoms with Gasteiger partial charge in [-0.3, -0.25) is 9.59 Å². The van der Waals surface area contributed by atoms with Gasteiger partial charge in [0.15, 0.2) is 0 Å². The molecule has 1 fully saturated rings. The molecule has 1 saturated heterocycles. The molecule has 0 aliphatic carbocycles. The fourth-order valence-electron chi connectivity index (χ4n) is 2.57. The average molecular weight is 326 g/mol. The standard InChI is InChI=1S/C16H26N2O5/c1-4-7-17-13(19)8-11-14(20)15(21)12(23-11)9-18-16(22)10(5-2)6-3/h1,10-12,14-15,20-21H,5-9H2,2-3H3,(H,17,19)(H,18,22)/t11-,12+,14-,15+/m0/s1. The van der Waals surface area contributed by atoms with E-state index in [2.05, 4.69) is 16.6 Å². The summed E-state index contributed by atoms with van der Waals surface area (Å²) in [5, 5.41) is 25.1. The average Bonchev–Trinajstić information content (AvgIpc) is 2.80. The molecule has 0 aromatic rings. The third-order valence-corrected chi connectivity index (χ3v) is 4.07. The van der Waals surface area contributed by atoms with Crippen LogP contribution in [0.5, 0.6) is 0 Å². The highest BCUT2D eigenvalue weighted by atomic mass is 16.5. The van der Waals surface area contributed by atoms with Crippen LogP contribution in [0.15, 0.2) is 0 Å². The summed E-state index contributed by atoms with van der Waals surface area (Å²) in [7, 11) is 0. The molecule has 7 heteroatoms. The molecule has 7 nitrogen and oxygen atoms in total. The van der Waals surface area contributed by atoms with Crippen molar-refractivity contribution in [1.29, 1.82) is 0 Å². The summed E-state index contributed by atoms with van der Waals surface area (Å²) in [5.74, 6) is 1.73. The minimum atomic E-state index is -1.18. The van der Waals surface area contributed by atoms with E-state index in [1.165, 1.54) is 0 Å². The first-order valence-electron chi connectivity index (χ1n) is 7.93. The number of nitrogens with one attached hydrogen (secondary N) is 2. The van der Waals surface area contributed by atoms with Crippen molar-refractivity contribution in [1.82, 2.24) is 10.6 Å². The van der Waals surface area contributed by atoms with E-state index in [1.807, 2.05) is 13.8 Å². The molecular weight excluding hydrogens is 300 g/mol. The molecule has 0 saturated carbocycles. The molecule has 4 N–H and O–H groups in total. The van der Waals surface area contributed by atoms with Crippen LogP contribution in [0.3, 0.4) is 0 Å². The molecular formula is C16H26N2O5. The first kappa shape index (κ1) is 19.4. The van der Waals surface area contributed by atoms with Gasteiger partial charge in [0.1, 0.15) is 18.3 Å². The zero-order valence-electron chi connectivity index (χ0n) is 13.6. The van der Waals surface area contributed by atoms with E-state index in [1.54, 1.807) is 0 Å². The van der Waals surface area contributed by atoms with Crippen molar-refractivity contribution < 1.29 is 24.5 Å². The zero-order chi connectivity index (χ0) is 17.4. The summed E-state index contributed by atoms with van der Waals surface area (Å²) in [6.45, 7) is 4.06. The van der Waals surface area contributed by atoms with Gasteiger partial charge in [-0.15, -0.1) is 6.42 Å². The van der Waals surface area contributed by atoms with E-state index in [0.717, 1.165) is 12.8 Å². The summed E-state index contributed by atoms with van der Waals surface area (Å²) in [6.07, 6.45) is 2.52. The number of aliphatic hydroxyl groups is 2. The van der Waals surface area contributed by atoms with Gasteiger partial charge in [-0.2, -0.15) is 0 Å². The van der Waals surface area contributed by atoms with E-state index in [4.69, 9.17) is 11.2 Å². The molecule has 1 aliphatic heterocycles. The van der Waals surface area contributed by atoms with Crippen molar-refractivity contribution in [3.63, 3.8) is 0 Å². The van der Waals surface area contributed by atoms with Crippen LogP contribution in [0.2, 0.25) is 0 Å². The van der Waals surface area contributed by atoms with Crippen LogP contribution in [0.1, 0.15) is 33.1 Å². The minimum Gasteiger partial charge on any atom is -0.388 e. The van der Waals surface area contributed by atoms with E-state index in [-0.39, 0.29) is 37.2 Å². The predicted molar refractivity (Wildman–Crippen MR) is 84.2 cm³/mol. The first-order chi connectivity index (χ1) is 10.9. The summed E-state index contributed by atoms with van der Waals surface area (Å²) in [4.78, 5) is 23.5. The Bertz CT molecular complexity index is 444. The molecule has 1 heterocycles. The lowest BCUT2D eigenvalue weighted by Gasteiger charge is -2.18. The topological polar surface area (TPSA) is 108 Å². The van der Waals surface area contributed by atoms with Crippen LogP contribution >= 0.6 is 0 Å². The Morgan fingerprint density at radius 1 is 1.17 bits per heavy atom. The second kappa shape index (κ2) is 9.50. The Morgan fingerprint density at radius 2 is 1.78 bits per heavy atom. The highest BCUT2D eigenvalue weighted by molar-refractivity contribution is 5.78. The fourth-order valence-corrected chi connectivity index (χ4v) is 2.57. The lowest BCUT2D eigenvalue weighted by Crippen LogP contribution is -2.41. The molecule has 0 aromatic heterocycles. The minimum absolute atomic E-state index is 0.0798. The van der Waals surface area contributed by atoms with Gasteiger partial charge in [0.05, 0.1) is 19.1 Å². The van der Waals surface area contributed by atoms with Crippen LogP contribution in [0.25, 0.3) is 0 Å². The molecule has 0 spiro atoms. The number of carbonyl (C=O) groups excluding carboxylic acids is 2. The third kappa shape index (κ3) is 5.50. The molecule has 0 radical (unpaired) electrons. The van der Waals surface area contributed by atoms with E-state index >= 15 is 0 Å². The lowest BCUT2D eigenvalue weighted by molar-refractivity contribution is -0.127. The van der Waals surface area contributed by atoms with Crippen molar-refractivity contribution in [2.24, 2.45) is 5.92 Å². The number of ether oxygens (including phenoxy) is 1. The second-order valence-corrected chi connectivity index (χ2v) is 5.64. The monoisotopic (exact) mass is 326 g/mol. The van der Waals surface area contributed by atoms with Gasteiger partial charge in [-0.05, 0) is 12.8 Å². The smallest absolute Gasteiger partial charge is 0.223 e. The maximum Gasteiger partial charge on any atom is 0.223 e. The summed E-state index contributed by atoms with van der Waals surface area (Å²) >= 11 is 0. The Balaban J connectivity index is 2.48. The van der Waals surface area contributed by atoms with Gasteiger partial charge in [0.2, 0.25) is 11.8 Å². The van der Waals surface area contributed by atoms with E-state index in [9.17, 15) is 19.8 Å². The van der Waals surface area contributed by atoms with Crippen molar-refractivity contribution in [3.8, 4) is 12.3 Å². The highest BCUT2D eigenvalue weighted by Crippen LogP contribution is 2.23. The SMILES string of the molecule is C#CCNC(=O)C[C@@H]1O[C@H](CNC(=O)C(CC)CC)[C@@H](O)[C@H]1O. The van der Waals surface area contributed by atoms with Crippen molar-refractivity contribution in [2.45, 2.75) is 57.5 Å². The second-order valence-electron chi connectivity index (χ2n) is 5.64. The summed E-state index contributed by atoms with van der Waals surface area (Å²) < 4.78 is 5.51. The number of amides is 2. The van der Waals surface area contributed by atoms with Gasteiger partial charge in [-0.1, -0.05) is 19.8 Å². The number of rotatable bonds is 8. The molecule has 0 bridgehead atoms. The van der Waals surface area contributed by atoms with Gasteiger partial charge >= 0.3 is 0 Å². The maximum absolute atomic E-state index is 11.9. The molecule has 130 valence electrons. The van der Waals surface area contributed by atoms with Crippen molar-refractivity contribution in [2.75, 3.05) is 13.1 Å². The largest absolute Gasteiger partial charge is 0.388 e. The number of aliphatic hydroxyl groups excluding tert-OH is 2. The third-order valence-electron chi connectivity index (χ3n) is 4.07. The van der Waals surface area contributed by atoms with E-state index < -0.39 is 24.4 Å². The van der Waals surface area contributed by atoms with E-state index in [0.29, 0.717) is 0 Å². The fraction of sp³-hybridized carbons (Fsp3) is 0.750. The summed E-state index contributed by atoms with van der Waals surface area (Å²) in [5.41, 5.74) is 0. The Labute approximate surface area is 136 Å². The quantitative estimate of drug-likeness (QED) is 0.435. The van der Waals surface area contributed by atoms with Crippen LogP contribution < -0.4 is 10.6 Å². The predicted octanol–water partition coefficient (Wildman–Crippen LogP) is -0.832. The number of hydrogen-bond acceptors (Lipinski definition) is 5. The Kier molecular flexibility index (Phi) is 8.03. The molecule has 0 aromatic carbocycles. The number of terminal acetylenes is 1. The maximum atomic E-state index is 11.9. The van der Waals surface area contributed by atoms with Gasteiger partial charge in [-0.25, -0.2) is 0 Å². The Hall–Kier alpha value is -1.62. The van der Waals surface area contributed by atoms with Crippen LogP contribution in [-0.2, 0) is 14.3 Å². The van der Waals surface area contributed by atoms with Gasteiger partial charge < -0.3 is 25.6 Å². The summed E-state index contributed by atoms with van der Waals surface area (Å²) in [6, 6.07) is 0. The van der Waals surface area contributed by atoms with Crippen LogP contribution in [-0.4, -0.2) is 59.5 Å². The number of carbonyl (C=O) groups is 2. The first-order valence-corrected chi connectivity index (χ1v) is 7.93. The lowest BCUT2D eigenvalue weighted by atomic mass is 10.0. The molecule has 1 aliphatic rings. The molecule has 2 amide bonds. The molecule has 4 atom stereocenters. The van der Waals surface area contributed by atoms with Crippen molar-refractivity contribution in [3.05, 3.63) is 0 Å². The van der Waals surface area contributed by atoms with Crippen LogP contribution in [0, 0.1) is 18.3 Å². The Morgan fingerprint density at radius 3 is 2.35 bits per heavy atom. The molecule has 23 heavy (non-hydrogen) atoms. The van der Waals surface area contributed by atoms with Crippen molar-refractivity contribution >= 4 is 11.8 Å². The van der Waals surface area contributed by atoms with Gasteiger partial charge in [0, 0.05) is 12.5 Å². The van der Waals surface area contributed by atoms with Crippen LogP contribution in [0.4, 0.5) is 0 Å². The normalized spacial score (nSPS) is 26.8. The number of hydrogen-bond donors (Lipinski definition) is 4.